The summed E-state index contributed by atoms with van der Waals surface area (Å²) in [4.78, 5) is 48.9. The van der Waals surface area contributed by atoms with E-state index < -0.39 is 11.9 Å². The van der Waals surface area contributed by atoms with Crippen molar-refractivity contribution in [2.75, 3.05) is 32.9 Å². The summed E-state index contributed by atoms with van der Waals surface area (Å²) >= 11 is 1.27. The van der Waals surface area contributed by atoms with Crippen molar-refractivity contribution in [1.29, 1.82) is 0 Å². The molecule has 1 fully saturated rings. The Bertz CT molecular complexity index is 749. The second kappa shape index (κ2) is 7.30. The number of hydrogen-bond acceptors (Lipinski definition) is 6. The maximum atomic E-state index is 12.6. The highest BCUT2D eigenvalue weighted by atomic mass is 32.2. The number of carbonyl (C=O) groups is 3. The van der Waals surface area contributed by atoms with Gasteiger partial charge < -0.3 is 4.90 Å². The molecule has 0 aromatic heterocycles. The molecule has 0 aromatic rings. The van der Waals surface area contributed by atoms with Gasteiger partial charge in [-0.25, -0.2) is 9.79 Å². The smallest absolute Gasteiger partial charge is 0.342 e. The van der Waals surface area contributed by atoms with Crippen molar-refractivity contribution in [3.63, 3.8) is 0 Å². The van der Waals surface area contributed by atoms with E-state index in [1.54, 1.807) is 14.0 Å². The lowest BCUT2D eigenvalue weighted by atomic mass is 9.99. The molecule has 9 heteroatoms. The quantitative estimate of drug-likeness (QED) is 0.673. The molecule has 26 heavy (non-hydrogen) atoms. The summed E-state index contributed by atoms with van der Waals surface area (Å²) in [7, 11) is 3.05. The highest BCUT2D eigenvalue weighted by Gasteiger charge is 2.48. The van der Waals surface area contributed by atoms with Gasteiger partial charge in [0.25, 0.3) is 5.84 Å². The summed E-state index contributed by atoms with van der Waals surface area (Å²) < 4.78 is 1.37. The van der Waals surface area contributed by atoms with E-state index >= 15 is 0 Å². The van der Waals surface area contributed by atoms with Gasteiger partial charge in [-0.3, -0.25) is 9.59 Å². The van der Waals surface area contributed by atoms with Crippen molar-refractivity contribution in [3.05, 3.63) is 0 Å². The van der Waals surface area contributed by atoms with Crippen LogP contribution in [0.25, 0.3) is 0 Å². The van der Waals surface area contributed by atoms with E-state index in [9.17, 15) is 14.4 Å². The number of thioether (sulfide) groups is 1. The zero-order chi connectivity index (χ0) is 19.0. The minimum atomic E-state index is -0.717. The molecule has 1 saturated heterocycles. The van der Waals surface area contributed by atoms with E-state index in [0.29, 0.717) is 22.6 Å². The molecule has 0 spiro atoms. The summed E-state index contributed by atoms with van der Waals surface area (Å²) in [5.74, 6) is 0.748. The summed E-state index contributed by atoms with van der Waals surface area (Å²) in [5, 5.41) is 0.530. The van der Waals surface area contributed by atoms with Crippen LogP contribution in [-0.4, -0.2) is 81.9 Å². The number of urea groups is 1. The van der Waals surface area contributed by atoms with Crippen molar-refractivity contribution < 1.29 is 19.0 Å². The Labute approximate surface area is 157 Å². The first-order chi connectivity index (χ1) is 12.3. The Morgan fingerprint density at radius 3 is 2.58 bits per heavy atom. The van der Waals surface area contributed by atoms with Crippen LogP contribution in [0.15, 0.2) is 9.98 Å². The van der Waals surface area contributed by atoms with Crippen molar-refractivity contribution in [3.8, 4) is 0 Å². The zero-order valence-corrected chi connectivity index (χ0v) is 16.4. The molecule has 140 valence electrons. The van der Waals surface area contributed by atoms with Gasteiger partial charge >= 0.3 is 11.9 Å². The molecule has 8 nitrogen and oxygen atoms in total. The second-order valence-corrected chi connectivity index (χ2v) is 7.99. The Hall–Kier alpha value is -2.03. The van der Waals surface area contributed by atoms with E-state index in [4.69, 9.17) is 0 Å². The van der Waals surface area contributed by atoms with Crippen LogP contribution in [0, 0.1) is 11.8 Å². The molecule has 0 saturated carbocycles. The minimum absolute atomic E-state index is 0.0624. The number of imide groups is 1. The van der Waals surface area contributed by atoms with Crippen LogP contribution in [0.1, 0.15) is 26.7 Å². The number of nitrogens with zero attached hydrogens (tertiary/aromatic N) is 5. The first-order valence-electron chi connectivity index (χ1n) is 8.76. The van der Waals surface area contributed by atoms with E-state index in [1.807, 2.05) is 4.90 Å². The van der Waals surface area contributed by atoms with E-state index in [2.05, 4.69) is 16.9 Å². The van der Waals surface area contributed by atoms with Crippen molar-refractivity contribution >= 4 is 46.3 Å². The van der Waals surface area contributed by atoms with Crippen LogP contribution >= 0.6 is 11.8 Å². The zero-order valence-electron chi connectivity index (χ0n) is 15.6. The SMILES string of the molecule is CC1=NC2=[N+](C)C(=O)N(C)C(=O)C2C(SCC(=O)N2CCC(C)CC2)=N1. The van der Waals surface area contributed by atoms with Gasteiger partial charge in [0.2, 0.25) is 11.7 Å². The monoisotopic (exact) mass is 378 g/mol. The third kappa shape index (κ3) is 3.44. The van der Waals surface area contributed by atoms with Crippen LogP contribution in [0.4, 0.5) is 4.79 Å². The standard InChI is InChI=1S/C17H24N5O3S/c1-10-5-7-22(8-6-10)12(23)9-26-15-13-14(18-11(2)19-15)20(3)17(25)21(4)16(13)24/h10,13H,5-9H2,1-4H3/q+1. The Kier molecular flexibility index (Phi) is 5.27. The average molecular weight is 378 g/mol. The molecule has 0 radical (unpaired) electrons. The van der Waals surface area contributed by atoms with Crippen LogP contribution in [-0.2, 0) is 9.59 Å². The highest BCUT2D eigenvalue weighted by molar-refractivity contribution is 8.14. The lowest BCUT2D eigenvalue weighted by Gasteiger charge is -2.30. The fourth-order valence-electron chi connectivity index (χ4n) is 3.29. The summed E-state index contributed by atoms with van der Waals surface area (Å²) in [6, 6.07) is -0.414. The fraction of sp³-hybridized carbons (Fsp3) is 0.647. The van der Waals surface area contributed by atoms with E-state index in [0.717, 1.165) is 30.8 Å². The molecule has 3 rings (SSSR count). The lowest BCUT2D eigenvalue weighted by Crippen LogP contribution is -2.54. The molecule has 3 aliphatic rings. The lowest BCUT2D eigenvalue weighted by molar-refractivity contribution is -0.407. The van der Waals surface area contributed by atoms with Gasteiger partial charge in [0.05, 0.1) is 19.8 Å². The molecule has 0 aliphatic carbocycles. The van der Waals surface area contributed by atoms with Crippen molar-refractivity contribution in [1.82, 2.24) is 9.80 Å². The normalized spacial score (nSPS) is 24.5. The predicted octanol–water partition coefficient (Wildman–Crippen LogP) is 1.06. The molecule has 0 aromatic carbocycles. The topological polar surface area (TPSA) is 85.4 Å². The van der Waals surface area contributed by atoms with Crippen LogP contribution in [0.2, 0.25) is 0 Å². The first kappa shape index (κ1) is 18.8. The Morgan fingerprint density at radius 2 is 1.92 bits per heavy atom. The van der Waals surface area contributed by atoms with Crippen LogP contribution in [0.3, 0.4) is 0 Å². The number of likely N-dealkylation sites (tertiary alicyclic amines) is 1. The number of piperidine rings is 1. The molecule has 1 unspecified atom stereocenters. The molecule has 0 N–H and O–H groups in total. The van der Waals surface area contributed by atoms with Gasteiger partial charge in [-0.2, -0.15) is 9.48 Å². The maximum absolute atomic E-state index is 12.6. The number of fused-ring (bicyclic) bond motifs is 1. The number of rotatable bonds is 2. The fourth-order valence-corrected chi connectivity index (χ4v) is 4.31. The van der Waals surface area contributed by atoms with E-state index in [1.165, 1.54) is 23.4 Å². The second-order valence-electron chi connectivity index (χ2n) is 6.99. The summed E-state index contributed by atoms with van der Waals surface area (Å²) in [6.07, 6.45) is 2.06. The minimum Gasteiger partial charge on any atom is -0.342 e. The number of amides is 4. The largest absolute Gasteiger partial charge is 0.445 e. The van der Waals surface area contributed by atoms with Gasteiger partial charge in [0, 0.05) is 20.0 Å². The average Bonchev–Trinajstić information content (AvgIpc) is 2.62. The number of aliphatic imine (C=N–C) groups is 2. The molecule has 3 aliphatic heterocycles. The van der Waals surface area contributed by atoms with Crippen LogP contribution < -0.4 is 0 Å². The van der Waals surface area contributed by atoms with Gasteiger partial charge in [0.1, 0.15) is 5.04 Å². The third-order valence-electron chi connectivity index (χ3n) is 5.03. The van der Waals surface area contributed by atoms with E-state index in [-0.39, 0.29) is 17.6 Å². The number of amidine groups is 2. The van der Waals surface area contributed by atoms with Crippen LogP contribution in [0.5, 0.6) is 0 Å². The molecular weight excluding hydrogens is 354 g/mol. The first-order valence-corrected chi connectivity index (χ1v) is 9.74. The van der Waals surface area contributed by atoms with Gasteiger partial charge in [-0.1, -0.05) is 23.7 Å². The van der Waals surface area contributed by atoms with Gasteiger partial charge in [0.15, 0.2) is 5.92 Å². The molecule has 3 heterocycles. The summed E-state index contributed by atoms with van der Waals surface area (Å²) in [6.45, 7) is 5.50. The predicted molar refractivity (Wildman–Crippen MR) is 101 cm³/mol. The van der Waals surface area contributed by atoms with Crippen molar-refractivity contribution in [2.24, 2.45) is 21.8 Å². The molecule has 4 amide bonds. The number of hydrogen-bond donors (Lipinski definition) is 0. The van der Waals surface area contributed by atoms with Gasteiger partial charge in [-0.05, 0) is 18.8 Å². The maximum Gasteiger partial charge on any atom is 0.445 e. The van der Waals surface area contributed by atoms with Crippen molar-refractivity contribution in [2.45, 2.75) is 26.7 Å². The van der Waals surface area contributed by atoms with Gasteiger partial charge in [-0.15, -0.1) is 0 Å². The Balaban J connectivity index is 1.75. The molecule has 1 atom stereocenters. The Morgan fingerprint density at radius 1 is 1.27 bits per heavy atom. The number of carbonyl (C=O) groups excluding carboxylic acids is 3. The third-order valence-corrected chi connectivity index (χ3v) is 6.04. The highest BCUT2D eigenvalue weighted by Crippen LogP contribution is 2.26. The molecule has 0 bridgehead atoms. The molecular formula is C17H24N5O3S+. The summed E-state index contributed by atoms with van der Waals surface area (Å²) in [5.41, 5.74) is 0.